The largest absolute Gasteiger partial charge is 0.327 e. The molecule has 2 rings (SSSR count). The van der Waals surface area contributed by atoms with Crippen molar-refractivity contribution in [3.8, 4) is 0 Å². The van der Waals surface area contributed by atoms with Crippen molar-refractivity contribution in [2.45, 2.75) is 30.7 Å². The van der Waals surface area contributed by atoms with E-state index in [2.05, 4.69) is 0 Å². The van der Waals surface area contributed by atoms with Gasteiger partial charge in [-0.1, -0.05) is 6.07 Å². The number of aryl methyl sites for hydroxylation is 1. The van der Waals surface area contributed by atoms with Crippen LogP contribution in [0.4, 0.5) is 5.69 Å². The van der Waals surface area contributed by atoms with Gasteiger partial charge < -0.3 is 5.73 Å². The Morgan fingerprint density at radius 3 is 2.75 bits per heavy atom. The molecular formula is C12H17N3O4S. The van der Waals surface area contributed by atoms with Crippen LogP contribution < -0.4 is 5.73 Å². The van der Waals surface area contributed by atoms with Gasteiger partial charge in [0.25, 0.3) is 5.69 Å². The lowest BCUT2D eigenvalue weighted by Gasteiger charge is -2.29. The zero-order valence-corrected chi connectivity index (χ0v) is 12.0. The van der Waals surface area contributed by atoms with Crippen molar-refractivity contribution in [3.63, 3.8) is 0 Å². The van der Waals surface area contributed by atoms with Gasteiger partial charge >= 0.3 is 0 Å². The first-order chi connectivity index (χ1) is 9.32. The number of sulfonamides is 1. The molecule has 1 atom stereocenters. The van der Waals surface area contributed by atoms with E-state index in [0.717, 1.165) is 12.5 Å². The highest BCUT2D eigenvalue weighted by molar-refractivity contribution is 7.89. The quantitative estimate of drug-likeness (QED) is 0.662. The van der Waals surface area contributed by atoms with Gasteiger partial charge in [0, 0.05) is 30.8 Å². The van der Waals surface area contributed by atoms with Crippen LogP contribution in [0, 0.1) is 17.0 Å². The molecule has 1 aliphatic rings. The van der Waals surface area contributed by atoms with Crippen LogP contribution in [0.3, 0.4) is 0 Å². The van der Waals surface area contributed by atoms with Gasteiger partial charge in [-0.3, -0.25) is 10.1 Å². The summed E-state index contributed by atoms with van der Waals surface area (Å²) < 4.78 is 26.2. The molecule has 0 saturated carbocycles. The number of rotatable bonds is 3. The van der Waals surface area contributed by atoms with Crippen LogP contribution in [-0.2, 0) is 10.0 Å². The summed E-state index contributed by atoms with van der Waals surface area (Å²) in [5.74, 6) is 0. The highest BCUT2D eigenvalue weighted by atomic mass is 32.2. The number of piperidine rings is 1. The molecule has 8 heteroatoms. The Balaban J connectivity index is 2.39. The van der Waals surface area contributed by atoms with Gasteiger partial charge in [0.1, 0.15) is 0 Å². The van der Waals surface area contributed by atoms with Crippen molar-refractivity contribution in [2.75, 3.05) is 13.1 Å². The Bertz CT molecular complexity index is 630. The second kappa shape index (κ2) is 5.47. The molecule has 0 bridgehead atoms. The predicted molar refractivity (Wildman–Crippen MR) is 73.8 cm³/mol. The van der Waals surface area contributed by atoms with Gasteiger partial charge in [0.15, 0.2) is 0 Å². The van der Waals surface area contributed by atoms with E-state index in [0.29, 0.717) is 18.5 Å². The fraction of sp³-hybridized carbons (Fsp3) is 0.500. The smallest absolute Gasteiger partial charge is 0.273 e. The third-order valence-corrected chi connectivity index (χ3v) is 5.30. The zero-order valence-electron chi connectivity index (χ0n) is 11.2. The number of hydrogen-bond acceptors (Lipinski definition) is 5. The van der Waals surface area contributed by atoms with Crippen LogP contribution in [-0.4, -0.2) is 36.8 Å². The minimum absolute atomic E-state index is 0.0519. The first-order valence-electron chi connectivity index (χ1n) is 6.33. The number of hydrogen-bond donors (Lipinski definition) is 1. The van der Waals surface area contributed by atoms with E-state index in [1.807, 2.05) is 0 Å². The summed E-state index contributed by atoms with van der Waals surface area (Å²) >= 11 is 0. The SMILES string of the molecule is Cc1ccc(S(=O)(=O)N2CCCC(N)C2)cc1[N+](=O)[O-]. The van der Waals surface area contributed by atoms with Crippen LogP contribution in [0.15, 0.2) is 23.1 Å². The van der Waals surface area contributed by atoms with Crippen molar-refractivity contribution >= 4 is 15.7 Å². The Kier molecular flexibility index (Phi) is 4.07. The summed E-state index contributed by atoms with van der Waals surface area (Å²) in [4.78, 5) is 10.3. The normalized spacial score (nSPS) is 20.8. The number of nitrogens with zero attached hydrogens (tertiary/aromatic N) is 2. The van der Waals surface area contributed by atoms with Crippen LogP contribution in [0.5, 0.6) is 0 Å². The van der Waals surface area contributed by atoms with Gasteiger partial charge in [-0.15, -0.1) is 0 Å². The van der Waals surface area contributed by atoms with E-state index < -0.39 is 14.9 Å². The zero-order chi connectivity index (χ0) is 14.9. The Labute approximate surface area is 117 Å². The molecule has 1 aromatic carbocycles. The molecule has 0 aromatic heterocycles. The Morgan fingerprint density at radius 2 is 2.15 bits per heavy atom. The molecule has 1 saturated heterocycles. The van der Waals surface area contributed by atoms with Gasteiger partial charge in [0.05, 0.1) is 9.82 Å². The second-order valence-electron chi connectivity index (χ2n) is 4.97. The van der Waals surface area contributed by atoms with E-state index in [4.69, 9.17) is 5.73 Å². The number of benzene rings is 1. The lowest BCUT2D eigenvalue weighted by Crippen LogP contribution is -2.45. The Morgan fingerprint density at radius 1 is 1.45 bits per heavy atom. The average Bonchev–Trinajstić information content (AvgIpc) is 2.38. The van der Waals surface area contributed by atoms with Crippen LogP contribution in [0.25, 0.3) is 0 Å². The molecule has 110 valence electrons. The summed E-state index contributed by atoms with van der Waals surface area (Å²) in [6.07, 6.45) is 1.49. The van der Waals surface area contributed by atoms with Gasteiger partial charge in [-0.05, 0) is 25.8 Å². The topological polar surface area (TPSA) is 107 Å². The number of nitrogens with two attached hydrogens (primary N) is 1. The molecular weight excluding hydrogens is 282 g/mol. The summed E-state index contributed by atoms with van der Waals surface area (Å²) in [5.41, 5.74) is 6.03. The fourth-order valence-electron chi connectivity index (χ4n) is 2.29. The lowest BCUT2D eigenvalue weighted by molar-refractivity contribution is -0.385. The maximum absolute atomic E-state index is 12.5. The van der Waals surface area contributed by atoms with Crippen molar-refractivity contribution in [2.24, 2.45) is 5.73 Å². The lowest BCUT2D eigenvalue weighted by atomic mass is 10.1. The van der Waals surface area contributed by atoms with Crippen molar-refractivity contribution in [3.05, 3.63) is 33.9 Å². The maximum atomic E-state index is 12.5. The van der Waals surface area contributed by atoms with E-state index in [1.165, 1.54) is 16.4 Å². The molecule has 1 aromatic rings. The minimum atomic E-state index is -3.72. The van der Waals surface area contributed by atoms with E-state index in [1.54, 1.807) is 6.92 Å². The maximum Gasteiger partial charge on any atom is 0.273 e. The van der Waals surface area contributed by atoms with E-state index in [-0.39, 0.29) is 23.2 Å². The molecule has 1 unspecified atom stereocenters. The third-order valence-electron chi connectivity index (χ3n) is 3.44. The van der Waals surface area contributed by atoms with Gasteiger partial charge in [-0.2, -0.15) is 4.31 Å². The summed E-state index contributed by atoms with van der Waals surface area (Å²) in [5, 5.41) is 10.9. The van der Waals surface area contributed by atoms with Crippen LogP contribution >= 0.6 is 0 Å². The van der Waals surface area contributed by atoms with Crippen LogP contribution in [0.2, 0.25) is 0 Å². The molecule has 0 amide bonds. The van der Waals surface area contributed by atoms with Gasteiger partial charge in [-0.25, -0.2) is 8.42 Å². The van der Waals surface area contributed by atoms with Crippen molar-refractivity contribution in [1.82, 2.24) is 4.31 Å². The van der Waals surface area contributed by atoms with Crippen LogP contribution in [0.1, 0.15) is 18.4 Å². The second-order valence-corrected chi connectivity index (χ2v) is 6.91. The molecule has 2 N–H and O–H groups in total. The number of nitro benzene ring substituents is 1. The highest BCUT2D eigenvalue weighted by Crippen LogP contribution is 2.26. The molecule has 1 fully saturated rings. The fourth-order valence-corrected chi connectivity index (χ4v) is 3.84. The van der Waals surface area contributed by atoms with Gasteiger partial charge in [0.2, 0.25) is 10.0 Å². The minimum Gasteiger partial charge on any atom is -0.327 e. The number of nitro groups is 1. The average molecular weight is 299 g/mol. The van der Waals surface area contributed by atoms with E-state index >= 15 is 0 Å². The molecule has 20 heavy (non-hydrogen) atoms. The Hall–Kier alpha value is -1.51. The molecule has 0 spiro atoms. The first kappa shape index (κ1) is 14.9. The highest BCUT2D eigenvalue weighted by Gasteiger charge is 2.30. The summed E-state index contributed by atoms with van der Waals surface area (Å²) in [6.45, 7) is 2.23. The van der Waals surface area contributed by atoms with E-state index in [9.17, 15) is 18.5 Å². The predicted octanol–water partition coefficient (Wildman–Crippen LogP) is 1.02. The van der Waals surface area contributed by atoms with Crippen molar-refractivity contribution < 1.29 is 13.3 Å². The molecule has 0 aliphatic carbocycles. The molecule has 1 heterocycles. The van der Waals surface area contributed by atoms with Crippen molar-refractivity contribution in [1.29, 1.82) is 0 Å². The molecule has 1 aliphatic heterocycles. The molecule has 0 radical (unpaired) electrons. The first-order valence-corrected chi connectivity index (χ1v) is 7.77. The summed E-state index contributed by atoms with van der Waals surface area (Å²) in [6, 6.07) is 3.79. The molecule has 7 nitrogen and oxygen atoms in total. The standard InChI is InChI=1S/C12H17N3O4S/c1-9-4-5-11(7-12(9)15(16)17)20(18,19)14-6-2-3-10(13)8-14/h4-5,7,10H,2-3,6,8,13H2,1H3. The third kappa shape index (κ3) is 2.82. The monoisotopic (exact) mass is 299 g/mol. The summed E-state index contributed by atoms with van der Waals surface area (Å²) in [7, 11) is -3.72.